The molecule has 2 bridgehead atoms. The maximum Gasteiger partial charge on any atom is 0.303 e. The minimum absolute atomic E-state index is 0.289. The van der Waals surface area contributed by atoms with Gasteiger partial charge >= 0.3 is 5.97 Å². The molecule has 0 aromatic heterocycles. The number of benzene rings is 1. The van der Waals surface area contributed by atoms with Crippen molar-refractivity contribution in [3.8, 4) is 0 Å². The summed E-state index contributed by atoms with van der Waals surface area (Å²) in [5, 5.41) is 8.75. The SMILES string of the molecule is Cc1cc(Br)ccc1CCC[C@H]1[C@H]2CC[C@H](C2)[C@@H]1/C=C\CCCC(=O)O. The van der Waals surface area contributed by atoms with Gasteiger partial charge in [0.25, 0.3) is 0 Å². The molecule has 0 radical (unpaired) electrons. The second kappa shape index (κ2) is 9.21. The number of fused-ring (bicyclic) bond motifs is 2. The topological polar surface area (TPSA) is 37.3 Å². The van der Waals surface area contributed by atoms with E-state index in [9.17, 15) is 4.79 Å². The molecule has 0 heterocycles. The molecule has 2 saturated carbocycles. The lowest BCUT2D eigenvalue weighted by molar-refractivity contribution is -0.137. The van der Waals surface area contributed by atoms with E-state index < -0.39 is 5.97 Å². The molecule has 4 atom stereocenters. The fourth-order valence-electron chi connectivity index (χ4n) is 5.28. The van der Waals surface area contributed by atoms with Crippen molar-refractivity contribution in [1.29, 1.82) is 0 Å². The quantitative estimate of drug-likeness (QED) is 0.364. The summed E-state index contributed by atoms with van der Waals surface area (Å²) in [6.07, 6.45) is 14.7. The highest BCUT2D eigenvalue weighted by Gasteiger charge is 2.45. The summed E-state index contributed by atoms with van der Waals surface area (Å²) in [7, 11) is 0. The van der Waals surface area contributed by atoms with Gasteiger partial charge in [0.2, 0.25) is 0 Å². The molecular formula is C23H31BrO2. The Balaban J connectivity index is 1.50. The van der Waals surface area contributed by atoms with Crippen LogP contribution in [0.4, 0.5) is 0 Å². The third-order valence-corrected chi connectivity index (χ3v) is 7.06. The van der Waals surface area contributed by atoms with Crippen LogP contribution in [0, 0.1) is 30.6 Å². The number of allylic oxidation sites excluding steroid dienone is 2. The van der Waals surface area contributed by atoms with E-state index >= 15 is 0 Å². The van der Waals surface area contributed by atoms with Crippen LogP contribution in [0.3, 0.4) is 0 Å². The average molecular weight is 419 g/mol. The second-order valence-corrected chi connectivity index (χ2v) is 9.17. The van der Waals surface area contributed by atoms with Gasteiger partial charge in [0.15, 0.2) is 0 Å². The molecule has 1 aromatic rings. The van der Waals surface area contributed by atoms with Crippen molar-refractivity contribution in [3.63, 3.8) is 0 Å². The van der Waals surface area contributed by atoms with Gasteiger partial charge in [0, 0.05) is 10.9 Å². The molecule has 3 rings (SSSR count). The van der Waals surface area contributed by atoms with Gasteiger partial charge in [-0.25, -0.2) is 0 Å². The highest BCUT2D eigenvalue weighted by molar-refractivity contribution is 9.10. The lowest BCUT2D eigenvalue weighted by Crippen LogP contribution is -2.21. The van der Waals surface area contributed by atoms with Gasteiger partial charge < -0.3 is 5.11 Å². The van der Waals surface area contributed by atoms with E-state index in [-0.39, 0.29) is 6.42 Å². The van der Waals surface area contributed by atoms with E-state index in [1.54, 1.807) is 0 Å². The molecule has 26 heavy (non-hydrogen) atoms. The Labute approximate surface area is 166 Å². The Hall–Kier alpha value is -1.09. The van der Waals surface area contributed by atoms with E-state index in [1.807, 2.05) is 0 Å². The van der Waals surface area contributed by atoms with Crippen molar-refractivity contribution < 1.29 is 9.90 Å². The molecule has 1 N–H and O–H groups in total. The Morgan fingerprint density at radius 3 is 2.85 bits per heavy atom. The third kappa shape index (κ3) is 5.00. The minimum atomic E-state index is -0.681. The molecule has 2 aliphatic carbocycles. The Kier molecular flexibility index (Phi) is 6.97. The number of carbonyl (C=O) groups is 1. The normalized spacial score (nSPS) is 27.5. The zero-order valence-electron chi connectivity index (χ0n) is 15.8. The predicted octanol–water partition coefficient (Wildman–Crippen LogP) is 6.55. The summed E-state index contributed by atoms with van der Waals surface area (Å²) in [5.41, 5.74) is 2.87. The van der Waals surface area contributed by atoms with Crippen molar-refractivity contribution in [1.82, 2.24) is 0 Å². The molecule has 2 fully saturated rings. The number of aliphatic carboxylic acids is 1. The van der Waals surface area contributed by atoms with Crippen LogP contribution < -0.4 is 0 Å². The standard InChI is InChI=1S/C23H31BrO2/c1-16-14-20(24)13-12-17(16)6-5-8-22-19-11-10-18(15-19)21(22)7-3-2-4-9-23(25)26/h3,7,12-14,18-19,21-22H,2,4-6,8-11,15H2,1H3,(H,25,26)/b7-3-/t18-,19+,21+,22+/m1/s1. The summed E-state index contributed by atoms with van der Waals surface area (Å²) in [4.78, 5) is 10.6. The Bertz CT molecular complexity index is 652. The van der Waals surface area contributed by atoms with Gasteiger partial charge in [-0.15, -0.1) is 0 Å². The van der Waals surface area contributed by atoms with Gasteiger partial charge in [-0.2, -0.15) is 0 Å². The van der Waals surface area contributed by atoms with Gasteiger partial charge in [0.1, 0.15) is 0 Å². The maximum absolute atomic E-state index is 10.6. The first-order valence-electron chi connectivity index (χ1n) is 10.2. The largest absolute Gasteiger partial charge is 0.481 e. The minimum Gasteiger partial charge on any atom is -0.481 e. The van der Waals surface area contributed by atoms with Crippen LogP contribution in [0.1, 0.15) is 62.5 Å². The average Bonchev–Trinajstić information content (AvgIpc) is 3.18. The number of aryl methyl sites for hydroxylation is 2. The molecule has 0 aliphatic heterocycles. The molecule has 0 spiro atoms. The monoisotopic (exact) mass is 418 g/mol. The number of hydrogen-bond donors (Lipinski definition) is 1. The molecule has 0 amide bonds. The van der Waals surface area contributed by atoms with Crippen LogP contribution >= 0.6 is 15.9 Å². The lowest BCUT2D eigenvalue weighted by Gasteiger charge is -2.29. The number of hydrogen-bond acceptors (Lipinski definition) is 1. The molecule has 0 unspecified atom stereocenters. The molecule has 2 aliphatic rings. The lowest BCUT2D eigenvalue weighted by atomic mass is 9.76. The first-order chi connectivity index (χ1) is 12.5. The Morgan fingerprint density at radius 2 is 2.08 bits per heavy atom. The van der Waals surface area contributed by atoms with Crippen molar-refractivity contribution in [3.05, 3.63) is 46.0 Å². The summed E-state index contributed by atoms with van der Waals surface area (Å²) in [6, 6.07) is 6.64. The molecular weight excluding hydrogens is 388 g/mol. The number of carboxylic acids is 1. The first-order valence-corrected chi connectivity index (χ1v) is 11.0. The van der Waals surface area contributed by atoms with Crippen molar-refractivity contribution >= 4 is 21.9 Å². The smallest absolute Gasteiger partial charge is 0.303 e. The van der Waals surface area contributed by atoms with Gasteiger partial charge in [-0.1, -0.05) is 34.1 Å². The van der Waals surface area contributed by atoms with E-state index in [0.717, 1.165) is 36.5 Å². The van der Waals surface area contributed by atoms with Crippen molar-refractivity contribution in [2.75, 3.05) is 0 Å². The number of carboxylic acid groups (broad SMARTS) is 1. The van der Waals surface area contributed by atoms with Crippen LogP contribution in [0.25, 0.3) is 0 Å². The summed E-state index contributed by atoms with van der Waals surface area (Å²) < 4.78 is 1.17. The highest BCUT2D eigenvalue weighted by Crippen LogP contribution is 2.54. The number of halogens is 1. The van der Waals surface area contributed by atoms with Crippen LogP contribution in [0.5, 0.6) is 0 Å². The predicted molar refractivity (Wildman–Crippen MR) is 110 cm³/mol. The molecule has 2 nitrogen and oxygen atoms in total. The molecule has 142 valence electrons. The summed E-state index contributed by atoms with van der Waals surface area (Å²) >= 11 is 3.55. The van der Waals surface area contributed by atoms with Gasteiger partial charge in [0.05, 0.1) is 0 Å². The number of rotatable bonds is 9. The highest BCUT2D eigenvalue weighted by atomic mass is 79.9. The number of unbranched alkanes of at least 4 members (excludes halogenated alkanes) is 1. The van der Waals surface area contributed by atoms with E-state index in [2.05, 4.69) is 53.2 Å². The fraction of sp³-hybridized carbons (Fsp3) is 0.609. The summed E-state index contributed by atoms with van der Waals surface area (Å²) in [6.45, 7) is 2.21. The molecule has 1 aromatic carbocycles. The van der Waals surface area contributed by atoms with Crippen molar-refractivity contribution in [2.24, 2.45) is 23.7 Å². The third-order valence-electron chi connectivity index (χ3n) is 6.57. The zero-order valence-corrected chi connectivity index (χ0v) is 17.4. The van der Waals surface area contributed by atoms with E-state index in [0.29, 0.717) is 0 Å². The van der Waals surface area contributed by atoms with Crippen LogP contribution in [-0.2, 0) is 11.2 Å². The summed E-state index contributed by atoms with van der Waals surface area (Å²) in [5.74, 6) is 2.72. The van der Waals surface area contributed by atoms with Gasteiger partial charge in [-0.3, -0.25) is 4.79 Å². The zero-order chi connectivity index (χ0) is 18.5. The Morgan fingerprint density at radius 1 is 1.27 bits per heavy atom. The maximum atomic E-state index is 10.6. The van der Waals surface area contributed by atoms with Gasteiger partial charge in [-0.05, 0) is 105 Å². The molecule has 0 saturated heterocycles. The van der Waals surface area contributed by atoms with Crippen LogP contribution in [-0.4, -0.2) is 11.1 Å². The van der Waals surface area contributed by atoms with Crippen LogP contribution in [0.2, 0.25) is 0 Å². The van der Waals surface area contributed by atoms with Crippen molar-refractivity contribution in [2.45, 2.75) is 64.7 Å². The van der Waals surface area contributed by atoms with Crippen LogP contribution in [0.15, 0.2) is 34.8 Å². The second-order valence-electron chi connectivity index (χ2n) is 8.25. The van der Waals surface area contributed by atoms with E-state index in [4.69, 9.17) is 5.11 Å². The molecule has 3 heteroatoms. The van der Waals surface area contributed by atoms with E-state index in [1.165, 1.54) is 54.1 Å². The fourth-order valence-corrected chi connectivity index (χ4v) is 5.75. The first kappa shape index (κ1) is 19.7.